The Morgan fingerprint density at radius 1 is 0.842 bits per heavy atom. The second-order valence-electron chi connectivity index (χ2n) is 5.05. The molecule has 2 aromatic rings. The van der Waals surface area contributed by atoms with E-state index in [1.165, 1.54) is 24.0 Å². The maximum absolute atomic E-state index is 3.75. The lowest BCUT2D eigenvalue weighted by molar-refractivity contribution is 0.439. The molecular formula is C18H23N. The van der Waals surface area contributed by atoms with Crippen LogP contribution >= 0.6 is 0 Å². The highest BCUT2D eigenvalue weighted by Gasteiger charge is 2.14. The Labute approximate surface area is 116 Å². The van der Waals surface area contributed by atoms with E-state index in [4.69, 9.17) is 0 Å². The third-order valence-corrected chi connectivity index (χ3v) is 3.53. The first kappa shape index (κ1) is 13.8. The second-order valence-corrected chi connectivity index (χ2v) is 5.05. The van der Waals surface area contributed by atoms with Gasteiger partial charge in [0, 0.05) is 12.1 Å². The summed E-state index contributed by atoms with van der Waals surface area (Å²) in [5.41, 5.74) is 2.73. The summed E-state index contributed by atoms with van der Waals surface area (Å²) < 4.78 is 0. The van der Waals surface area contributed by atoms with Crippen LogP contribution in [0.3, 0.4) is 0 Å². The van der Waals surface area contributed by atoms with Crippen LogP contribution in [0.1, 0.15) is 49.9 Å². The summed E-state index contributed by atoms with van der Waals surface area (Å²) in [5, 5.41) is 3.75. The van der Waals surface area contributed by atoms with Gasteiger partial charge in [0.05, 0.1) is 0 Å². The van der Waals surface area contributed by atoms with Crippen molar-refractivity contribution in [2.75, 3.05) is 0 Å². The minimum Gasteiger partial charge on any atom is -0.303 e. The zero-order valence-corrected chi connectivity index (χ0v) is 11.8. The molecule has 0 saturated carbocycles. The average Bonchev–Trinajstić information content (AvgIpc) is 2.48. The molecule has 1 nitrogen and oxygen atoms in total. The SMILES string of the molecule is CCC[C@@H](N[C@H](C)c1ccccc1)c1ccccc1. The average molecular weight is 253 g/mol. The standard InChI is InChI=1S/C18H23N/c1-3-10-18(17-13-8-5-9-14-17)19-15(2)16-11-6-4-7-12-16/h4-9,11-15,18-19H,3,10H2,1-2H3/t15-,18-/m1/s1. The van der Waals surface area contributed by atoms with Crippen molar-refractivity contribution in [3.8, 4) is 0 Å². The van der Waals surface area contributed by atoms with Crippen molar-refractivity contribution in [3.05, 3.63) is 71.8 Å². The van der Waals surface area contributed by atoms with Gasteiger partial charge in [-0.3, -0.25) is 0 Å². The molecule has 0 bridgehead atoms. The van der Waals surface area contributed by atoms with Crippen LogP contribution in [-0.2, 0) is 0 Å². The third-order valence-electron chi connectivity index (χ3n) is 3.53. The van der Waals surface area contributed by atoms with E-state index in [1.54, 1.807) is 0 Å². The molecule has 0 aliphatic carbocycles. The van der Waals surface area contributed by atoms with Gasteiger partial charge in [0.1, 0.15) is 0 Å². The fourth-order valence-corrected chi connectivity index (χ4v) is 2.46. The third kappa shape index (κ3) is 3.93. The molecule has 0 spiro atoms. The Balaban J connectivity index is 2.09. The van der Waals surface area contributed by atoms with Gasteiger partial charge in [-0.2, -0.15) is 0 Å². The summed E-state index contributed by atoms with van der Waals surface area (Å²) in [6.07, 6.45) is 2.36. The largest absolute Gasteiger partial charge is 0.303 e. The number of nitrogens with one attached hydrogen (secondary N) is 1. The summed E-state index contributed by atoms with van der Waals surface area (Å²) >= 11 is 0. The van der Waals surface area contributed by atoms with Crippen LogP contribution < -0.4 is 5.32 Å². The van der Waals surface area contributed by atoms with E-state index < -0.39 is 0 Å². The van der Waals surface area contributed by atoms with Gasteiger partial charge >= 0.3 is 0 Å². The van der Waals surface area contributed by atoms with Gasteiger partial charge in [-0.25, -0.2) is 0 Å². The van der Waals surface area contributed by atoms with E-state index in [0.29, 0.717) is 12.1 Å². The van der Waals surface area contributed by atoms with Gasteiger partial charge in [0.2, 0.25) is 0 Å². The van der Waals surface area contributed by atoms with Crippen LogP contribution in [0.2, 0.25) is 0 Å². The molecule has 19 heavy (non-hydrogen) atoms. The Kier molecular flexibility index (Phi) is 5.17. The molecule has 0 aliphatic heterocycles. The first-order valence-corrected chi connectivity index (χ1v) is 7.17. The summed E-state index contributed by atoms with van der Waals surface area (Å²) in [5.74, 6) is 0. The number of hydrogen-bond acceptors (Lipinski definition) is 1. The van der Waals surface area contributed by atoms with Gasteiger partial charge in [0.15, 0.2) is 0 Å². The normalized spacial score (nSPS) is 14.0. The van der Waals surface area contributed by atoms with Gasteiger partial charge < -0.3 is 5.32 Å². The first-order valence-electron chi connectivity index (χ1n) is 7.17. The van der Waals surface area contributed by atoms with Crippen molar-refractivity contribution in [2.45, 2.75) is 38.8 Å². The Morgan fingerprint density at radius 3 is 1.89 bits per heavy atom. The van der Waals surface area contributed by atoms with Gasteiger partial charge in [-0.15, -0.1) is 0 Å². The van der Waals surface area contributed by atoms with Crippen molar-refractivity contribution in [1.29, 1.82) is 0 Å². The van der Waals surface area contributed by atoms with Crippen LogP contribution in [0.25, 0.3) is 0 Å². The molecule has 2 aromatic carbocycles. The molecule has 0 saturated heterocycles. The smallest absolute Gasteiger partial charge is 0.0325 e. The molecule has 1 heteroatoms. The second kappa shape index (κ2) is 7.10. The van der Waals surface area contributed by atoms with E-state index in [2.05, 4.69) is 79.8 Å². The first-order chi connectivity index (χ1) is 9.31. The molecular weight excluding hydrogens is 230 g/mol. The van der Waals surface area contributed by atoms with Gasteiger partial charge in [-0.05, 0) is 24.5 Å². The highest BCUT2D eigenvalue weighted by atomic mass is 14.9. The molecule has 0 amide bonds. The summed E-state index contributed by atoms with van der Waals surface area (Å²) in [4.78, 5) is 0. The van der Waals surface area contributed by atoms with E-state index in [0.717, 1.165) is 0 Å². The number of rotatable bonds is 6. The molecule has 2 atom stereocenters. The zero-order valence-electron chi connectivity index (χ0n) is 11.8. The fourth-order valence-electron chi connectivity index (χ4n) is 2.46. The lowest BCUT2D eigenvalue weighted by atomic mass is 10.00. The molecule has 1 N–H and O–H groups in total. The lowest BCUT2D eigenvalue weighted by Crippen LogP contribution is -2.24. The topological polar surface area (TPSA) is 12.0 Å². The highest BCUT2D eigenvalue weighted by Crippen LogP contribution is 2.23. The van der Waals surface area contributed by atoms with Crippen LogP contribution in [0, 0.1) is 0 Å². The molecule has 0 radical (unpaired) electrons. The van der Waals surface area contributed by atoms with E-state index in [9.17, 15) is 0 Å². The monoisotopic (exact) mass is 253 g/mol. The minimum absolute atomic E-state index is 0.373. The van der Waals surface area contributed by atoms with E-state index in [1.807, 2.05) is 0 Å². The maximum Gasteiger partial charge on any atom is 0.0325 e. The fraction of sp³-hybridized carbons (Fsp3) is 0.333. The summed E-state index contributed by atoms with van der Waals surface area (Å²) in [6.45, 7) is 4.48. The molecule has 100 valence electrons. The van der Waals surface area contributed by atoms with Crippen molar-refractivity contribution in [1.82, 2.24) is 5.32 Å². The van der Waals surface area contributed by atoms with E-state index in [-0.39, 0.29) is 0 Å². The minimum atomic E-state index is 0.373. The number of benzene rings is 2. The van der Waals surface area contributed by atoms with Crippen molar-refractivity contribution in [2.24, 2.45) is 0 Å². The molecule has 0 fully saturated rings. The quantitative estimate of drug-likeness (QED) is 0.773. The molecule has 2 rings (SSSR count). The Morgan fingerprint density at radius 2 is 1.37 bits per heavy atom. The molecule has 0 unspecified atom stereocenters. The van der Waals surface area contributed by atoms with Crippen LogP contribution in [0.4, 0.5) is 0 Å². The molecule has 0 heterocycles. The van der Waals surface area contributed by atoms with Gasteiger partial charge in [0.25, 0.3) is 0 Å². The molecule has 0 aromatic heterocycles. The van der Waals surface area contributed by atoms with Crippen LogP contribution in [0.15, 0.2) is 60.7 Å². The Bertz CT molecular complexity index is 464. The van der Waals surface area contributed by atoms with Gasteiger partial charge in [-0.1, -0.05) is 74.0 Å². The van der Waals surface area contributed by atoms with E-state index >= 15 is 0 Å². The lowest BCUT2D eigenvalue weighted by Gasteiger charge is -2.24. The van der Waals surface area contributed by atoms with Crippen molar-refractivity contribution in [3.63, 3.8) is 0 Å². The maximum atomic E-state index is 3.75. The molecule has 0 aliphatic rings. The van der Waals surface area contributed by atoms with Crippen molar-refractivity contribution < 1.29 is 0 Å². The predicted molar refractivity (Wildman–Crippen MR) is 82.1 cm³/mol. The Hall–Kier alpha value is -1.60. The zero-order chi connectivity index (χ0) is 13.5. The number of hydrogen-bond donors (Lipinski definition) is 1. The van der Waals surface area contributed by atoms with Crippen LogP contribution in [0.5, 0.6) is 0 Å². The summed E-state index contributed by atoms with van der Waals surface area (Å²) in [7, 11) is 0. The summed E-state index contributed by atoms with van der Waals surface area (Å²) in [6, 6.07) is 22.2. The van der Waals surface area contributed by atoms with Crippen molar-refractivity contribution >= 4 is 0 Å². The highest BCUT2D eigenvalue weighted by molar-refractivity contribution is 5.22. The van der Waals surface area contributed by atoms with Crippen LogP contribution in [-0.4, -0.2) is 0 Å². The predicted octanol–water partition coefficient (Wildman–Crippen LogP) is 4.88.